The molecular weight excluding hydrogens is 429 g/mol. The summed E-state index contributed by atoms with van der Waals surface area (Å²) < 4.78 is 36.1. The van der Waals surface area contributed by atoms with E-state index in [0.29, 0.717) is 27.1 Å². The number of hydrogen-bond acceptors (Lipinski definition) is 5. The molecule has 0 fully saturated rings. The van der Waals surface area contributed by atoms with E-state index < -0.39 is 22.6 Å². The van der Waals surface area contributed by atoms with Gasteiger partial charge in [-0.3, -0.25) is 0 Å². The third-order valence-corrected chi connectivity index (χ3v) is 5.22. The molecule has 0 aliphatic rings. The minimum Gasteiger partial charge on any atom is -0.492 e. The van der Waals surface area contributed by atoms with Gasteiger partial charge in [0.25, 0.3) is 0 Å². The molecule has 0 aliphatic carbocycles. The van der Waals surface area contributed by atoms with Gasteiger partial charge in [0.15, 0.2) is 6.61 Å². The SMILES string of the molecule is CS(=O)(=O)N(CCOc1cc(Cl)cc(Cl)c1)Cc1cccc(OCC(=O)O)c1. The highest BCUT2D eigenvalue weighted by atomic mass is 35.5. The largest absolute Gasteiger partial charge is 0.492 e. The molecule has 152 valence electrons. The van der Waals surface area contributed by atoms with Crippen molar-refractivity contribution in [3.05, 3.63) is 58.1 Å². The summed E-state index contributed by atoms with van der Waals surface area (Å²) in [6.07, 6.45) is 1.11. The summed E-state index contributed by atoms with van der Waals surface area (Å²) in [6.45, 7) is -0.194. The van der Waals surface area contributed by atoms with Gasteiger partial charge in [0.05, 0.1) is 6.26 Å². The van der Waals surface area contributed by atoms with E-state index in [-0.39, 0.29) is 19.7 Å². The van der Waals surface area contributed by atoms with Crippen molar-refractivity contribution in [3.8, 4) is 11.5 Å². The van der Waals surface area contributed by atoms with E-state index in [0.717, 1.165) is 6.26 Å². The maximum atomic E-state index is 12.1. The first-order chi connectivity index (χ1) is 13.1. The number of carboxylic acid groups (broad SMARTS) is 1. The molecule has 0 saturated carbocycles. The molecule has 2 aromatic carbocycles. The standard InChI is InChI=1S/C18H19Cl2NO6S/c1-28(24,25)21(5-6-26-17-9-14(19)8-15(20)10-17)11-13-3-2-4-16(7-13)27-12-18(22)23/h2-4,7-10H,5-6,11-12H2,1H3,(H,22,23). The number of nitrogens with zero attached hydrogens (tertiary/aromatic N) is 1. The zero-order valence-corrected chi connectivity index (χ0v) is 17.3. The molecule has 2 rings (SSSR count). The van der Waals surface area contributed by atoms with E-state index in [1.807, 2.05) is 0 Å². The van der Waals surface area contributed by atoms with Gasteiger partial charge in [0, 0.05) is 23.1 Å². The highest BCUT2D eigenvalue weighted by Crippen LogP contribution is 2.24. The first-order valence-corrected chi connectivity index (χ1v) is 10.7. The van der Waals surface area contributed by atoms with Crippen LogP contribution in [0.25, 0.3) is 0 Å². The second-order valence-electron chi connectivity index (χ2n) is 5.88. The molecule has 0 heterocycles. The Balaban J connectivity index is 2.02. The quantitative estimate of drug-likeness (QED) is 0.600. The Morgan fingerprint density at radius 2 is 1.75 bits per heavy atom. The Labute approximate surface area is 173 Å². The van der Waals surface area contributed by atoms with E-state index in [9.17, 15) is 13.2 Å². The lowest BCUT2D eigenvalue weighted by molar-refractivity contribution is -0.139. The number of carboxylic acids is 1. The first kappa shape index (κ1) is 22.3. The van der Waals surface area contributed by atoms with Crippen molar-refractivity contribution < 1.29 is 27.8 Å². The topological polar surface area (TPSA) is 93.1 Å². The van der Waals surface area contributed by atoms with Gasteiger partial charge < -0.3 is 14.6 Å². The van der Waals surface area contributed by atoms with Crippen LogP contribution in [0.2, 0.25) is 10.0 Å². The van der Waals surface area contributed by atoms with E-state index in [2.05, 4.69) is 0 Å². The number of aliphatic carboxylic acids is 1. The second kappa shape index (κ2) is 9.97. The van der Waals surface area contributed by atoms with Crippen molar-refractivity contribution in [2.24, 2.45) is 0 Å². The maximum absolute atomic E-state index is 12.1. The smallest absolute Gasteiger partial charge is 0.341 e. The van der Waals surface area contributed by atoms with Crippen LogP contribution < -0.4 is 9.47 Å². The number of carbonyl (C=O) groups is 1. The zero-order valence-electron chi connectivity index (χ0n) is 15.0. The summed E-state index contributed by atoms with van der Waals surface area (Å²) in [4.78, 5) is 10.6. The van der Waals surface area contributed by atoms with Gasteiger partial charge in [-0.15, -0.1) is 0 Å². The number of hydrogen-bond donors (Lipinski definition) is 1. The summed E-state index contributed by atoms with van der Waals surface area (Å²) in [5, 5.41) is 9.51. The third-order valence-electron chi connectivity index (χ3n) is 3.53. The molecular formula is C18H19Cl2NO6S. The van der Waals surface area contributed by atoms with Crippen molar-refractivity contribution in [1.29, 1.82) is 0 Å². The third kappa shape index (κ3) is 7.55. The average molecular weight is 448 g/mol. The van der Waals surface area contributed by atoms with Gasteiger partial charge >= 0.3 is 5.97 Å². The van der Waals surface area contributed by atoms with Crippen molar-refractivity contribution in [2.45, 2.75) is 6.54 Å². The number of sulfonamides is 1. The van der Waals surface area contributed by atoms with Gasteiger partial charge in [-0.1, -0.05) is 35.3 Å². The van der Waals surface area contributed by atoms with Crippen LogP contribution >= 0.6 is 23.2 Å². The van der Waals surface area contributed by atoms with Crippen LogP contribution in [-0.4, -0.2) is 49.8 Å². The van der Waals surface area contributed by atoms with Crippen LogP contribution in [0.5, 0.6) is 11.5 Å². The second-order valence-corrected chi connectivity index (χ2v) is 8.74. The first-order valence-electron chi connectivity index (χ1n) is 8.11. The number of halogens is 2. The molecule has 0 saturated heterocycles. The van der Waals surface area contributed by atoms with Crippen LogP contribution in [0, 0.1) is 0 Å². The molecule has 7 nitrogen and oxygen atoms in total. The average Bonchev–Trinajstić information content (AvgIpc) is 2.58. The van der Waals surface area contributed by atoms with E-state index in [1.165, 1.54) is 4.31 Å². The molecule has 2 aromatic rings. The molecule has 0 atom stereocenters. The highest BCUT2D eigenvalue weighted by molar-refractivity contribution is 7.88. The zero-order chi connectivity index (χ0) is 20.7. The fourth-order valence-electron chi connectivity index (χ4n) is 2.32. The Bertz CT molecular complexity index is 915. The Morgan fingerprint density at radius 3 is 2.36 bits per heavy atom. The molecule has 0 aliphatic heterocycles. The highest BCUT2D eigenvalue weighted by Gasteiger charge is 2.17. The van der Waals surface area contributed by atoms with Crippen molar-refractivity contribution >= 4 is 39.2 Å². The Hall–Kier alpha value is -2.00. The number of ether oxygens (including phenoxy) is 2. The van der Waals surface area contributed by atoms with Gasteiger partial charge in [0.1, 0.15) is 18.1 Å². The predicted octanol–water partition coefficient (Wildman–Crippen LogP) is 3.30. The van der Waals surface area contributed by atoms with Crippen molar-refractivity contribution in [1.82, 2.24) is 4.31 Å². The Morgan fingerprint density at radius 1 is 1.07 bits per heavy atom. The maximum Gasteiger partial charge on any atom is 0.341 e. The van der Waals surface area contributed by atoms with Crippen molar-refractivity contribution in [3.63, 3.8) is 0 Å². The van der Waals surface area contributed by atoms with E-state index in [1.54, 1.807) is 42.5 Å². The van der Waals surface area contributed by atoms with Crippen LogP contribution in [0.1, 0.15) is 5.56 Å². The summed E-state index contributed by atoms with van der Waals surface area (Å²) in [5.41, 5.74) is 0.652. The lowest BCUT2D eigenvalue weighted by Crippen LogP contribution is -2.33. The van der Waals surface area contributed by atoms with Gasteiger partial charge in [0.2, 0.25) is 10.0 Å². The lowest BCUT2D eigenvalue weighted by atomic mass is 10.2. The van der Waals surface area contributed by atoms with Crippen LogP contribution in [-0.2, 0) is 21.4 Å². The summed E-state index contributed by atoms with van der Waals surface area (Å²) in [7, 11) is -3.51. The monoisotopic (exact) mass is 447 g/mol. The number of benzene rings is 2. The summed E-state index contributed by atoms with van der Waals surface area (Å²) in [6, 6.07) is 11.3. The predicted molar refractivity (Wildman–Crippen MR) is 107 cm³/mol. The molecule has 28 heavy (non-hydrogen) atoms. The van der Waals surface area contributed by atoms with Gasteiger partial charge in [-0.05, 0) is 35.9 Å². The normalized spacial score (nSPS) is 11.4. The summed E-state index contributed by atoms with van der Waals surface area (Å²) in [5.74, 6) is -0.311. The lowest BCUT2D eigenvalue weighted by Gasteiger charge is -2.20. The van der Waals surface area contributed by atoms with Crippen LogP contribution in [0.15, 0.2) is 42.5 Å². The fraction of sp³-hybridized carbons (Fsp3) is 0.278. The molecule has 0 radical (unpaired) electrons. The van der Waals surface area contributed by atoms with Crippen LogP contribution in [0.3, 0.4) is 0 Å². The molecule has 0 aromatic heterocycles. The molecule has 10 heteroatoms. The van der Waals surface area contributed by atoms with E-state index in [4.69, 9.17) is 37.8 Å². The molecule has 0 amide bonds. The molecule has 0 unspecified atom stereocenters. The molecule has 0 bridgehead atoms. The van der Waals surface area contributed by atoms with Crippen LogP contribution in [0.4, 0.5) is 0 Å². The Kier molecular flexibility index (Phi) is 7.94. The molecule has 0 spiro atoms. The van der Waals surface area contributed by atoms with Gasteiger partial charge in [-0.25, -0.2) is 13.2 Å². The minimum atomic E-state index is -3.51. The van der Waals surface area contributed by atoms with Gasteiger partial charge in [-0.2, -0.15) is 4.31 Å². The summed E-state index contributed by atoms with van der Waals surface area (Å²) >= 11 is 11.8. The van der Waals surface area contributed by atoms with Crippen molar-refractivity contribution in [2.75, 3.05) is 26.0 Å². The fourth-order valence-corrected chi connectivity index (χ4v) is 3.62. The van der Waals surface area contributed by atoms with E-state index >= 15 is 0 Å². The molecule has 1 N–H and O–H groups in total. The minimum absolute atomic E-state index is 0.0861. The number of rotatable bonds is 10.